The fraction of sp³-hybridized carbons (Fsp3) is 0.667. The minimum Gasteiger partial charge on any atom is -0.339 e. The smallest absolute Gasteiger partial charge is 0.339 e. The number of likely N-dealkylation sites (N-methyl/N-ethyl adjacent to an activating group) is 1. The molecule has 0 aromatic carbocycles. The van der Waals surface area contributed by atoms with Crippen LogP contribution in [0.25, 0.3) is 0 Å². The fourth-order valence-corrected chi connectivity index (χ4v) is 1.70. The lowest BCUT2D eigenvalue weighted by molar-refractivity contribution is -0.0693. The van der Waals surface area contributed by atoms with E-state index in [9.17, 15) is 13.2 Å². The molecule has 0 heterocycles. The molecule has 1 aliphatic rings. The zero-order chi connectivity index (χ0) is 14.6. The number of nitrogens with zero attached hydrogens (tertiary/aromatic N) is 3. The highest BCUT2D eigenvalue weighted by molar-refractivity contribution is 5.98. The van der Waals surface area contributed by atoms with E-state index in [1.54, 1.807) is 6.08 Å². The van der Waals surface area contributed by atoms with Crippen LogP contribution >= 0.6 is 0 Å². The lowest BCUT2D eigenvalue weighted by Crippen LogP contribution is -2.50. The normalized spacial score (nSPS) is 19.3. The molecule has 0 saturated heterocycles. The van der Waals surface area contributed by atoms with Gasteiger partial charge in [-0.05, 0) is 18.9 Å². The van der Waals surface area contributed by atoms with E-state index < -0.39 is 18.2 Å². The summed E-state index contributed by atoms with van der Waals surface area (Å²) >= 11 is 0. The molecule has 0 spiro atoms. The third-order valence-electron chi connectivity index (χ3n) is 2.96. The van der Waals surface area contributed by atoms with Gasteiger partial charge in [-0.25, -0.2) is 0 Å². The SMILES string of the molecule is C=CC(=NCC(N)N(C)C(=NC)C(F)(F)F)C1CC1. The molecule has 1 fully saturated rings. The Morgan fingerprint density at radius 1 is 1.53 bits per heavy atom. The maximum absolute atomic E-state index is 12.7. The van der Waals surface area contributed by atoms with Crippen LogP contribution < -0.4 is 5.73 Å². The molecular formula is C12H19F3N4. The Hall–Kier alpha value is -1.37. The maximum atomic E-state index is 12.7. The summed E-state index contributed by atoms with van der Waals surface area (Å²) in [6.45, 7) is 3.73. The summed E-state index contributed by atoms with van der Waals surface area (Å²) in [6, 6.07) is 0. The van der Waals surface area contributed by atoms with Crippen molar-refractivity contribution in [3.8, 4) is 0 Å². The number of halogens is 3. The van der Waals surface area contributed by atoms with Crippen LogP contribution in [0.3, 0.4) is 0 Å². The highest BCUT2D eigenvalue weighted by Gasteiger charge is 2.39. The molecule has 0 aliphatic heterocycles. The predicted molar refractivity (Wildman–Crippen MR) is 70.4 cm³/mol. The van der Waals surface area contributed by atoms with Crippen LogP contribution in [0, 0.1) is 5.92 Å². The molecule has 2 N–H and O–H groups in total. The number of aliphatic imine (C=N–C) groups is 2. The molecule has 1 aliphatic carbocycles. The first-order valence-electron chi connectivity index (χ1n) is 6.00. The van der Waals surface area contributed by atoms with Gasteiger partial charge in [-0.15, -0.1) is 0 Å². The highest BCUT2D eigenvalue weighted by Crippen LogP contribution is 2.31. The van der Waals surface area contributed by atoms with E-state index in [-0.39, 0.29) is 6.54 Å². The number of hydrogen-bond acceptors (Lipinski definition) is 3. The van der Waals surface area contributed by atoms with Crippen LogP contribution in [-0.2, 0) is 0 Å². The Balaban J connectivity index is 2.66. The van der Waals surface area contributed by atoms with Crippen LogP contribution in [0.4, 0.5) is 13.2 Å². The molecule has 0 bridgehead atoms. The predicted octanol–water partition coefficient (Wildman–Crippen LogP) is 1.83. The minimum absolute atomic E-state index is 0.0868. The fourth-order valence-electron chi connectivity index (χ4n) is 1.70. The summed E-state index contributed by atoms with van der Waals surface area (Å²) in [7, 11) is 2.36. The Kier molecular flexibility index (Phi) is 5.11. The second kappa shape index (κ2) is 6.18. The summed E-state index contributed by atoms with van der Waals surface area (Å²) in [5, 5.41) is 0. The zero-order valence-corrected chi connectivity index (χ0v) is 11.1. The largest absolute Gasteiger partial charge is 0.449 e. The lowest BCUT2D eigenvalue weighted by Gasteiger charge is -2.27. The van der Waals surface area contributed by atoms with Gasteiger partial charge >= 0.3 is 6.18 Å². The first kappa shape index (κ1) is 15.7. The minimum atomic E-state index is -4.51. The van der Waals surface area contributed by atoms with Crippen LogP contribution in [0.15, 0.2) is 22.6 Å². The van der Waals surface area contributed by atoms with E-state index in [1.807, 2.05) is 0 Å². The van der Waals surface area contributed by atoms with Crippen LogP contribution in [0.2, 0.25) is 0 Å². The van der Waals surface area contributed by atoms with Gasteiger partial charge in [-0.1, -0.05) is 6.58 Å². The van der Waals surface area contributed by atoms with E-state index in [4.69, 9.17) is 5.73 Å². The quantitative estimate of drug-likeness (QED) is 0.473. The van der Waals surface area contributed by atoms with E-state index in [0.717, 1.165) is 30.5 Å². The topological polar surface area (TPSA) is 54.0 Å². The Labute approximate surface area is 110 Å². The van der Waals surface area contributed by atoms with Crippen molar-refractivity contribution < 1.29 is 13.2 Å². The van der Waals surface area contributed by atoms with Crippen molar-refractivity contribution >= 4 is 11.5 Å². The molecule has 0 aromatic heterocycles. The van der Waals surface area contributed by atoms with Gasteiger partial charge in [0.1, 0.15) is 0 Å². The molecule has 0 amide bonds. The molecule has 1 atom stereocenters. The standard InChI is InChI=1S/C12H19F3N4/c1-4-9(8-5-6-8)18-7-10(16)19(3)11(17-2)12(13,14)15/h4,8,10H,1,5-7,16H2,2-3H3. The van der Waals surface area contributed by atoms with Gasteiger partial charge in [-0.2, -0.15) is 13.2 Å². The molecule has 108 valence electrons. The Morgan fingerprint density at radius 2 is 2.11 bits per heavy atom. The molecule has 0 aromatic rings. The van der Waals surface area contributed by atoms with Gasteiger partial charge in [0, 0.05) is 25.7 Å². The maximum Gasteiger partial charge on any atom is 0.449 e. The van der Waals surface area contributed by atoms with Crippen LogP contribution in [-0.4, -0.2) is 49.4 Å². The van der Waals surface area contributed by atoms with E-state index >= 15 is 0 Å². The number of alkyl halides is 3. The highest BCUT2D eigenvalue weighted by atomic mass is 19.4. The van der Waals surface area contributed by atoms with Crippen LogP contribution in [0.1, 0.15) is 12.8 Å². The lowest BCUT2D eigenvalue weighted by atomic mass is 10.2. The second-order valence-corrected chi connectivity index (χ2v) is 4.47. The first-order chi connectivity index (χ1) is 8.81. The van der Waals surface area contributed by atoms with Crippen molar-refractivity contribution in [1.82, 2.24) is 4.90 Å². The number of amidine groups is 1. The van der Waals surface area contributed by atoms with Crippen molar-refractivity contribution in [2.24, 2.45) is 21.6 Å². The van der Waals surface area contributed by atoms with E-state index in [0.29, 0.717) is 5.92 Å². The average molecular weight is 276 g/mol. The van der Waals surface area contributed by atoms with Gasteiger partial charge in [0.15, 0.2) is 0 Å². The number of nitrogens with two attached hydrogens (primary N) is 1. The number of rotatable bonds is 5. The second-order valence-electron chi connectivity index (χ2n) is 4.47. The molecule has 19 heavy (non-hydrogen) atoms. The Morgan fingerprint density at radius 3 is 2.47 bits per heavy atom. The molecule has 0 radical (unpaired) electrons. The van der Waals surface area contributed by atoms with Gasteiger partial charge in [0.05, 0.1) is 12.7 Å². The number of hydrogen-bond donors (Lipinski definition) is 1. The molecule has 1 rings (SSSR count). The monoisotopic (exact) mass is 276 g/mol. The summed E-state index contributed by atoms with van der Waals surface area (Å²) in [4.78, 5) is 8.38. The van der Waals surface area contributed by atoms with Crippen LogP contribution in [0.5, 0.6) is 0 Å². The van der Waals surface area contributed by atoms with E-state index in [2.05, 4.69) is 16.6 Å². The average Bonchev–Trinajstić information content (AvgIpc) is 3.12. The van der Waals surface area contributed by atoms with Gasteiger partial charge in [0.2, 0.25) is 5.84 Å². The van der Waals surface area contributed by atoms with E-state index in [1.165, 1.54) is 7.05 Å². The summed E-state index contributed by atoms with van der Waals surface area (Å²) in [5.74, 6) is -0.598. The van der Waals surface area contributed by atoms with Crippen molar-refractivity contribution in [2.75, 3.05) is 20.6 Å². The van der Waals surface area contributed by atoms with Gasteiger partial charge < -0.3 is 10.6 Å². The first-order valence-corrected chi connectivity index (χ1v) is 6.00. The molecule has 1 unspecified atom stereocenters. The third-order valence-corrected chi connectivity index (χ3v) is 2.96. The molecular weight excluding hydrogens is 257 g/mol. The van der Waals surface area contributed by atoms with Crippen molar-refractivity contribution in [3.05, 3.63) is 12.7 Å². The summed E-state index contributed by atoms with van der Waals surface area (Å²) in [6.07, 6.45) is -1.62. The van der Waals surface area contributed by atoms with Gasteiger partial charge in [-0.3, -0.25) is 9.98 Å². The summed E-state index contributed by atoms with van der Waals surface area (Å²) in [5.41, 5.74) is 6.54. The van der Waals surface area contributed by atoms with Crippen molar-refractivity contribution in [3.63, 3.8) is 0 Å². The van der Waals surface area contributed by atoms with Crippen molar-refractivity contribution in [1.29, 1.82) is 0 Å². The van der Waals surface area contributed by atoms with Gasteiger partial charge in [0.25, 0.3) is 0 Å². The third kappa shape index (κ3) is 4.34. The summed E-state index contributed by atoms with van der Waals surface area (Å²) < 4.78 is 38.0. The van der Waals surface area contributed by atoms with Crippen molar-refractivity contribution in [2.45, 2.75) is 25.2 Å². The molecule has 7 heteroatoms. The Bertz CT molecular complexity index is 383. The molecule has 4 nitrogen and oxygen atoms in total. The molecule has 1 saturated carbocycles. The zero-order valence-electron chi connectivity index (χ0n) is 11.1. The number of allylic oxidation sites excluding steroid dienone is 1.